The molecule has 1 aromatic rings. The zero-order chi connectivity index (χ0) is 8.97. The number of carbonyl (C=O) groups excluding carboxylic acids is 1. The fraction of sp³-hybridized carbons (Fsp3) is 0.500. The third-order valence-electron chi connectivity index (χ3n) is 1.17. The molecule has 0 aromatic carbocycles. The Kier molecular flexibility index (Phi) is 2.98. The molecular weight excluding hydrogens is 178 g/mol. The first-order valence-electron chi connectivity index (χ1n) is 3.51. The number of esters is 1. The maximum Gasteiger partial charge on any atom is 0.313 e. The van der Waals surface area contributed by atoms with Crippen LogP contribution in [0.2, 0.25) is 0 Å². The molecule has 0 amide bonds. The van der Waals surface area contributed by atoms with E-state index in [1.165, 1.54) is 0 Å². The van der Waals surface area contributed by atoms with Gasteiger partial charge in [0.1, 0.15) is 12.2 Å². The Morgan fingerprint density at radius 1 is 1.67 bits per heavy atom. The third kappa shape index (κ3) is 2.46. The van der Waals surface area contributed by atoms with Crippen molar-refractivity contribution in [3.8, 4) is 0 Å². The molecule has 2 N–H and O–H groups in total. The van der Waals surface area contributed by atoms with Gasteiger partial charge in [-0.3, -0.25) is 15.0 Å². The lowest BCUT2D eigenvalue weighted by Gasteiger charge is -1.97. The van der Waals surface area contributed by atoms with Gasteiger partial charge in [-0.15, -0.1) is 0 Å². The van der Waals surface area contributed by atoms with E-state index in [0.717, 1.165) is 0 Å². The number of nitrogens with one attached hydrogen (secondary N) is 2. The van der Waals surface area contributed by atoms with E-state index in [9.17, 15) is 4.79 Å². The molecular formula is C6H9N3O2S. The van der Waals surface area contributed by atoms with Gasteiger partial charge >= 0.3 is 5.97 Å². The van der Waals surface area contributed by atoms with Crippen LogP contribution >= 0.6 is 12.2 Å². The van der Waals surface area contributed by atoms with Crippen LogP contribution in [0.3, 0.4) is 0 Å². The van der Waals surface area contributed by atoms with E-state index >= 15 is 0 Å². The van der Waals surface area contributed by atoms with Gasteiger partial charge < -0.3 is 4.74 Å². The summed E-state index contributed by atoms with van der Waals surface area (Å²) in [7, 11) is 0. The van der Waals surface area contributed by atoms with E-state index in [0.29, 0.717) is 17.2 Å². The number of carbonyl (C=O) groups is 1. The molecule has 0 aliphatic heterocycles. The number of hydrogen-bond acceptors (Lipinski definition) is 4. The summed E-state index contributed by atoms with van der Waals surface area (Å²) >= 11 is 4.70. The quantitative estimate of drug-likeness (QED) is 0.536. The summed E-state index contributed by atoms with van der Waals surface area (Å²) < 4.78 is 5.05. The van der Waals surface area contributed by atoms with Crippen molar-refractivity contribution >= 4 is 18.2 Å². The van der Waals surface area contributed by atoms with Gasteiger partial charge in [0.25, 0.3) is 0 Å². The van der Waals surface area contributed by atoms with Crippen LogP contribution < -0.4 is 0 Å². The molecule has 0 radical (unpaired) electrons. The van der Waals surface area contributed by atoms with E-state index in [1.54, 1.807) is 6.92 Å². The van der Waals surface area contributed by atoms with Crippen LogP contribution in [-0.2, 0) is 16.0 Å². The molecule has 0 bridgehead atoms. The number of hydrogen-bond donors (Lipinski definition) is 2. The Morgan fingerprint density at radius 3 is 2.92 bits per heavy atom. The first kappa shape index (κ1) is 8.92. The van der Waals surface area contributed by atoms with Crippen molar-refractivity contribution in [3.63, 3.8) is 0 Å². The van der Waals surface area contributed by atoms with Crippen molar-refractivity contribution < 1.29 is 9.53 Å². The topological polar surface area (TPSA) is 70.8 Å². The van der Waals surface area contributed by atoms with Gasteiger partial charge in [0.05, 0.1) is 6.61 Å². The Labute approximate surface area is 74.1 Å². The average molecular weight is 187 g/mol. The average Bonchev–Trinajstić information content (AvgIpc) is 2.36. The second-order valence-corrected chi connectivity index (χ2v) is 2.48. The number of ether oxygens (including phenoxy) is 1. The highest BCUT2D eigenvalue weighted by Gasteiger charge is 2.05. The van der Waals surface area contributed by atoms with Gasteiger partial charge in [0, 0.05) is 0 Å². The van der Waals surface area contributed by atoms with Gasteiger partial charge in [-0.1, -0.05) is 0 Å². The van der Waals surface area contributed by atoms with Crippen molar-refractivity contribution in [2.24, 2.45) is 0 Å². The predicted molar refractivity (Wildman–Crippen MR) is 44.1 cm³/mol. The van der Waals surface area contributed by atoms with E-state index in [-0.39, 0.29) is 12.4 Å². The highest BCUT2D eigenvalue weighted by Crippen LogP contribution is 1.91. The van der Waals surface area contributed by atoms with E-state index in [2.05, 4.69) is 15.2 Å². The minimum atomic E-state index is -0.310. The first-order chi connectivity index (χ1) is 5.72. The fourth-order valence-corrected chi connectivity index (χ4v) is 0.898. The maximum absolute atomic E-state index is 10.9. The predicted octanol–water partition coefficient (Wildman–Crippen LogP) is 0.573. The number of H-pyrrole nitrogens is 2. The van der Waals surface area contributed by atoms with Gasteiger partial charge in [0.15, 0.2) is 0 Å². The van der Waals surface area contributed by atoms with Crippen LogP contribution in [0.5, 0.6) is 0 Å². The standard InChI is InChI=1S/C6H9N3O2S/c1-2-11-5(10)3-4-7-6(12)9-8-4/h2-3H2,1H3,(H2,7,8,9,12). The monoisotopic (exact) mass is 187 g/mol. The molecule has 1 rings (SSSR count). The molecule has 1 aromatic heterocycles. The summed E-state index contributed by atoms with van der Waals surface area (Å²) in [6.07, 6.45) is 0.126. The zero-order valence-electron chi connectivity index (χ0n) is 6.59. The fourth-order valence-electron chi connectivity index (χ4n) is 0.737. The normalized spacial score (nSPS) is 9.75. The number of aromatic nitrogens is 3. The SMILES string of the molecule is CCOC(=O)Cc1nc(=S)[nH][nH]1. The van der Waals surface area contributed by atoms with Crippen LogP contribution in [0.1, 0.15) is 12.7 Å². The highest BCUT2D eigenvalue weighted by molar-refractivity contribution is 7.71. The molecule has 5 nitrogen and oxygen atoms in total. The van der Waals surface area contributed by atoms with E-state index in [1.807, 2.05) is 0 Å². The van der Waals surface area contributed by atoms with Crippen molar-refractivity contribution in [1.82, 2.24) is 15.2 Å². The molecule has 0 aliphatic rings. The van der Waals surface area contributed by atoms with Gasteiger partial charge in [-0.2, -0.15) is 0 Å². The summed E-state index contributed by atoms with van der Waals surface area (Å²) in [5.41, 5.74) is 0. The maximum atomic E-state index is 10.9. The molecule has 0 unspecified atom stereocenters. The number of rotatable bonds is 3. The Bertz CT molecular complexity index is 317. The minimum absolute atomic E-state index is 0.126. The number of aromatic amines is 2. The van der Waals surface area contributed by atoms with E-state index < -0.39 is 0 Å². The van der Waals surface area contributed by atoms with Crippen LogP contribution in [0, 0.1) is 4.77 Å². The van der Waals surface area contributed by atoms with E-state index in [4.69, 9.17) is 17.0 Å². The van der Waals surface area contributed by atoms with Crippen LogP contribution in [0.4, 0.5) is 0 Å². The molecule has 0 fully saturated rings. The van der Waals surface area contributed by atoms with Crippen molar-refractivity contribution in [2.75, 3.05) is 6.61 Å². The van der Waals surface area contributed by atoms with Gasteiger partial charge in [0.2, 0.25) is 4.77 Å². The molecule has 1 heterocycles. The summed E-state index contributed by atoms with van der Waals surface area (Å²) in [4.78, 5) is 14.7. The van der Waals surface area contributed by atoms with Crippen molar-refractivity contribution in [2.45, 2.75) is 13.3 Å². The highest BCUT2D eigenvalue weighted by atomic mass is 32.1. The second-order valence-electron chi connectivity index (χ2n) is 2.10. The lowest BCUT2D eigenvalue weighted by Crippen LogP contribution is -2.08. The number of nitrogens with zero attached hydrogens (tertiary/aromatic N) is 1. The van der Waals surface area contributed by atoms with Crippen LogP contribution in [-0.4, -0.2) is 27.8 Å². The smallest absolute Gasteiger partial charge is 0.313 e. The molecule has 6 heteroatoms. The largest absolute Gasteiger partial charge is 0.466 e. The summed E-state index contributed by atoms with van der Waals surface area (Å²) in [6, 6.07) is 0. The Morgan fingerprint density at radius 2 is 2.42 bits per heavy atom. The lowest BCUT2D eigenvalue weighted by molar-refractivity contribution is -0.142. The van der Waals surface area contributed by atoms with Crippen LogP contribution in [0.15, 0.2) is 0 Å². The Hall–Kier alpha value is -1.17. The molecule has 0 spiro atoms. The lowest BCUT2D eigenvalue weighted by atomic mass is 10.4. The third-order valence-corrected chi connectivity index (χ3v) is 1.36. The summed E-state index contributed by atoms with van der Waals surface area (Å²) in [6.45, 7) is 2.13. The molecule has 66 valence electrons. The van der Waals surface area contributed by atoms with Gasteiger partial charge in [-0.05, 0) is 19.1 Å². The van der Waals surface area contributed by atoms with Crippen LogP contribution in [0.25, 0.3) is 0 Å². The Balaban J connectivity index is 2.52. The minimum Gasteiger partial charge on any atom is -0.466 e. The molecule has 0 saturated heterocycles. The zero-order valence-corrected chi connectivity index (χ0v) is 7.40. The molecule has 12 heavy (non-hydrogen) atoms. The summed E-state index contributed by atoms with van der Waals surface area (Å²) in [5.74, 6) is 0.189. The first-order valence-corrected chi connectivity index (χ1v) is 3.92. The van der Waals surface area contributed by atoms with Crippen molar-refractivity contribution in [3.05, 3.63) is 10.6 Å². The van der Waals surface area contributed by atoms with Crippen molar-refractivity contribution in [1.29, 1.82) is 0 Å². The molecule has 0 atom stereocenters. The van der Waals surface area contributed by atoms with Gasteiger partial charge in [-0.25, -0.2) is 4.98 Å². The molecule has 0 aliphatic carbocycles. The second kappa shape index (κ2) is 4.01. The molecule has 0 saturated carbocycles. The summed E-state index contributed by atoms with van der Waals surface area (Å²) in [5, 5.41) is 5.24.